The van der Waals surface area contributed by atoms with Gasteiger partial charge >= 0.3 is 0 Å². The van der Waals surface area contributed by atoms with Crippen molar-refractivity contribution in [1.82, 2.24) is 20.1 Å². The van der Waals surface area contributed by atoms with Crippen molar-refractivity contribution < 1.29 is 0 Å². The molecule has 0 aliphatic heterocycles. The van der Waals surface area contributed by atoms with Crippen molar-refractivity contribution in [2.45, 2.75) is 32.4 Å². The zero-order chi connectivity index (χ0) is 10.4. The second-order valence-corrected chi connectivity index (χ2v) is 3.38. The van der Waals surface area contributed by atoms with Crippen molar-refractivity contribution in [2.75, 3.05) is 6.54 Å². The molecule has 1 unspecified atom stereocenters. The lowest BCUT2D eigenvalue weighted by atomic mass is 10.0. The number of hydrogen-bond donors (Lipinski definition) is 1. The Bertz CT molecular complexity index is 300. The molecule has 1 aromatic rings. The molecule has 76 valence electrons. The molecule has 0 aliphatic carbocycles. The highest BCUT2D eigenvalue weighted by atomic mass is 15.3. The topological polar surface area (TPSA) is 66.5 Å². The summed E-state index contributed by atoms with van der Waals surface area (Å²) in [5, 5.41) is 16.1. The average molecular weight is 193 g/mol. The number of aromatic nitrogens is 3. The Morgan fingerprint density at radius 3 is 2.93 bits per heavy atom. The van der Waals surface area contributed by atoms with E-state index >= 15 is 0 Å². The van der Waals surface area contributed by atoms with Crippen LogP contribution in [0.2, 0.25) is 0 Å². The number of aryl methyl sites for hydroxylation is 1. The van der Waals surface area contributed by atoms with Crippen LogP contribution in [0.5, 0.6) is 0 Å². The molecule has 5 nitrogen and oxygen atoms in total. The molecule has 0 spiro atoms. The third-order valence-corrected chi connectivity index (χ3v) is 2.12. The van der Waals surface area contributed by atoms with E-state index in [-0.39, 0.29) is 0 Å². The maximum atomic E-state index is 8.99. The lowest BCUT2D eigenvalue weighted by Crippen LogP contribution is -2.41. The Balaban J connectivity index is 2.46. The number of nitrogens with one attached hydrogen (secondary N) is 1. The Morgan fingerprint density at radius 1 is 1.64 bits per heavy atom. The lowest BCUT2D eigenvalue weighted by Gasteiger charge is -2.21. The monoisotopic (exact) mass is 193 g/mol. The molecule has 0 amide bonds. The Morgan fingerprint density at radius 2 is 2.43 bits per heavy atom. The molecule has 0 fully saturated rings. The van der Waals surface area contributed by atoms with E-state index in [1.807, 2.05) is 13.8 Å². The van der Waals surface area contributed by atoms with Gasteiger partial charge in [-0.05, 0) is 19.9 Å². The zero-order valence-electron chi connectivity index (χ0n) is 8.56. The van der Waals surface area contributed by atoms with Crippen LogP contribution < -0.4 is 5.32 Å². The summed E-state index contributed by atoms with van der Waals surface area (Å²) in [4.78, 5) is 3.84. The average Bonchev–Trinajstić information content (AvgIpc) is 2.68. The van der Waals surface area contributed by atoms with Gasteiger partial charge in [0.25, 0.3) is 0 Å². The van der Waals surface area contributed by atoms with Crippen molar-refractivity contribution in [2.24, 2.45) is 0 Å². The molecule has 0 bridgehead atoms. The van der Waals surface area contributed by atoms with Crippen LogP contribution in [0.25, 0.3) is 0 Å². The summed E-state index contributed by atoms with van der Waals surface area (Å²) >= 11 is 0. The number of nitriles is 1. The van der Waals surface area contributed by atoms with Gasteiger partial charge in [-0.15, -0.1) is 0 Å². The van der Waals surface area contributed by atoms with Crippen molar-refractivity contribution in [3.05, 3.63) is 12.7 Å². The second-order valence-electron chi connectivity index (χ2n) is 3.38. The normalized spacial score (nSPS) is 14.6. The van der Waals surface area contributed by atoms with Gasteiger partial charge in [0.2, 0.25) is 0 Å². The molecule has 0 radical (unpaired) electrons. The van der Waals surface area contributed by atoms with E-state index in [1.54, 1.807) is 11.0 Å². The minimum Gasteiger partial charge on any atom is -0.300 e. The van der Waals surface area contributed by atoms with Crippen molar-refractivity contribution in [3.63, 3.8) is 0 Å². The van der Waals surface area contributed by atoms with Gasteiger partial charge in [-0.2, -0.15) is 10.4 Å². The molecule has 0 aliphatic rings. The van der Waals surface area contributed by atoms with E-state index < -0.39 is 5.54 Å². The Kier molecular flexibility index (Phi) is 3.60. The van der Waals surface area contributed by atoms with E-state index in [0.29, 0.717) is 6.54 Å². The van der Waals surface area contributed by atoms with Crippen molar-refractivity contribution in [1.29, 1.82) is 5.26 Å². The molecule has 1 aromatic heterocycles. The van der Waals surface area contributed by atoms with Gasteiger partial charge in [0.15, 0.2) is 0 Å². The molecule has 1 atom stereocenters. The summed E-state index contributed by atoms with van der Waals surface area (Å²) in [7, 11) is 0. The highest BCUT2D eigenvalue weighted by Crippen LogP contribution is 2.08. The molecular formula is C9H15N5. The van der Waals surface area contributed by atoms with Crippen LogP contribution in [-0.2, 0) is 6.54 Å². The van der Waals surface area contributed by atoms with E-state index in [2.05, 4.69) is 21.5 Å². The van der Waals surface area contributed by atoms with Crippen LogP contribution >= 0.6 is 0 Å². The SMILES string of the molecule is CCNC(C)(C#N)CCn1cncn1. The maximum absolute atomic E-state index is 8.99. The zero-order valence-corrected chi connectivity index (χ0v) is 8.56. The largest absolute Gasteiger partial charge is 0.300 e. The third kappa shape index (κ3) is 2.82. The van der Waals surface area contributed by atoms with E-state index in [1.165, 1.54) is 6.33 Å². The molecule has 0 saturated carbocycles. The first-order valence-electron chi connectivity index (χ1n) is 4.69. The van der Waals surface area contributed by atoms with E-state index in [9.17, 15) is 0 Å². The van der Waals surface area contributed by atoms with E-state index in [4.69, 9.17) is 5.26 Å². The quantitative estimate of drug-likeness (QED) is 0.742. The fourth-order valence-corrected chi connectivity index (χ4v) is 1.26. The fourth-order valence-electron chi connectivity index (χ4n) is 1.26. The van der Waals surface area contributed by atoms with Crippen LogP contribution in [-0.4, -0.2) is 26.8 Å². The molecule has 0 aromatic carbocycles. The highest BCUT2D eigenvalue weighted by Gasteiger charge is 2.21. The van der Waals surface area contributed by atoms with Crippen molar-refractivity contribution in [3.8, 4) is 6.07 Å². The van der Waals surface area contributed by atoms with Crippen LogP contribution in [0.15, 0.2) is 12.7 Å². The van der Waals surface area contributed by atoms with E-state index in [0.717, 1.165) is 13.0 Å². The van der Waals surface area contributed by atoms with Crippen LogP contribution in [0.1, 0.15) is 20.3 Å². The predicted octanol–water partition coefficient (Wildman–Crippen LogP) is 0.560. The molecule has 14 heavy (non-hydrogen) atoms. The Labute approximate surface area is 83.8 Å². The number of rotatable bonds is 5. The summed E-state index contributed by atoms with van der Waals surface area (Å²) in [5.41, 5.74) is -0.472. The molecule has 1 N–H and O–H groups in total. The summed E-state index contributed by atoms with van der Waals surface area (Å²) in [5.74, 6) is 0. The maximum Gasteiger partial charge on any atom is 0.137 e. The molecule has 1 heterocycles. The van der Waals surface area contributed by atoms with Gasteiger partial charge in [0, 0.05) is 6.54 Å². The first kappa shape index (κ1) is 10.7. The third-order valence-electron chi connectivity index (χ3n) is 2.12. The Hall–Kier alpha value is -1.41. The van der Waals surface area contributed by atoms with Crippen molar-refractivity contribution >= 4 is 0 Å². The smallest absolute Gasteiger partial charge is 0.137 e. The lowest BCUT2D eigenvalue weighted by molar-refractivity contribution is 0.390. The summed E-state index contributed by atoms with van der Waals surface area (Å²) < 4.78 is 1.73. The highest BCUT2D eigenvalue weighted by molar-refractivity contribution is 5.03. The first-order valence-corrected chi connectivity index (χ1v) is 4.69. The van der Waals surface area contributed by atoms with Gasteiger partial charge in [-0.3, -0.25) is 10.00 Å². The van der Waals surface area contributed by atoms with Crippen LogP contribution in [0.4, 0.5) is 0 Å². The minimum atomic E-state index is -0.472. The fraction of sp³-hybridized carbons (Fsp3) is 0.667. The van der Waals surface area contributed by atoms with Gasteiger partial charge < -0.3 is 0 Å². The van der Waals surface area contributed by atoms with Gasteiger partial charge in [-0.1, -0.05) is 6.92 Å². The predicted molar refractivity (Wildman–Crippen MR) is 52.3 cm³/mol. The van der Waals surface area contributed by atoms with Gasteiger partial charge in [0.05, 0.1) is 6.07 Å². The molecule has 0 saturated heterocycles. The molecule has 5 heteroatoms. The van der Waals surface area contributed by atoms with Gasteiger partial charge in [-0.25, -0.2) is 4.98 Å². The van der Waals surface area contributed by atoms with Gasteiger partial charge in [0.1, 0.15) is 18.2 Å². The first-order chi connectivity index (χ1) is 6.70. The summed E-state index contributed by atoms with van der Waals surface area (Å²) in [6.07, 6.45) is 3.88. The second kappa shape index (κ2) is 4.72. The minimum absolute atomic E-state index is 0.472. The standard InChI is InChI=1S/C9H15N5/c1-3-12-9(2,6-10)4-5-14-8-11-7-13-14/h7-8,12H,3-5H2,1-2H3. The molecule has 1 rings (SSSR count). The van der Waals surface area contributed by atoms with Crippen LogP contribution in [0, 0.1) is 11.3 Å². The number of nitrogens with zero attached hydrogens (tertiary/aromatic N) is 4. The summed E-state index contributed by atoms with van der Waals surface area (Å²) in [6.45, 7) is 5.39. The number of hydrogen-bond acceptors (Lipinski definition) is 4. The molecular weight excluding hydrogens is 178 g/mol. The van der Waals surface area contributed by atoms with Crippen LogP contribution in [0.3, 0.4) is 0 Å². The summed E-state index contributed by atoms with van der Waals surface area (Å²) in [6, 6.07) is 2.27.